The fourth-order valence-corrected chi connectivity index (χ4v) is 4.60. The van der Waals surface area contributed by atoms with Crippen molar-refractivity contribution in [2.75, 3.05) is 6.61 Å². The zero-order valence-corrected chi connectivity index (χ0v) is 26.1. The molecule has 3 aromatic rings. The molecule has 0 fully saturated rings. The van der Waals surface area contributed by atoms with Gasteiger partial charge < -0.3 is 30.2 Å². The third kappa shape index (κ3) is 10.3. The Hall–Kier alpha value is -2.60. The minimum absolute atomic E-state index is 0. The van der Waals surface area contributed by atoms with Crippen LogP contribution in [0.2, 0.25) is 0 Å². The summed E-state index contributed by atoms with van der Waals surface area (Å²) in [6.07, 6.45) is -2.47. The molecule has 0 saturated heterocycles. The molecule has 2 aromatic carbocycles. The van der Waals surface area contributed by atoms with Gasteiger partial charge in [-0.3, -0.25) is 4.79 Å². The smallest absolute Gasteiger partial charge is 0.550 e. The van der Waals surface area contributed by atoms with Crippen molar-refractivity contribution in [3.8, 4) is 5.69 Å². The van der Waals surface area contributed by atoms with Gasteiger partial charge in [-0.05, 0) is 67.5 Å². The van der Waals surface area contributed by atoms with Crippen molar-refractivity contribution in [3.05, 3.63) is 82.4 Å². The van der Waals surface area contributed by atoms with Crippen LogP contribution in [-0.4, -0.2) is 50.7 Å². The van der Waals surface area contributed by atoms with Gasteiger partial charge in [-0.15, -0.1) is 0 Å². The van der Waals surface area contributed by atoms with Crippen LogP contribution in [0.3, 0.4) is 0 Å². The monoisotopic (exact) mass is 577 g/mol. The number of rotatable bonds is 15. The SMILES string of the molecule is CCOCc1cccc(CNC(=O)c2nn(-c3ccc(F)cc3)c(CCC(O)CC(O)CC(=O)[O-])c2C(C)C)c1.[Na+]. The summed E-state index contributed by atoms with van der Waals surface area (Å²) in [4.78, 5) is 24.2. The fraction of sp³-hybridized carbons (Fsp3) is 0.433. The number of aliphatic hydroxyl groups excluding tert-OH is 2. The normalized spacial score (nSPS) is 12.6. The maximum atomic E-state index is 13.7. The van der Waals surface area contributed by atoms with Crippen LogP contribution in [0.5, 0.6) is 0 Å². The number of hydrogen-bond donors (Lipinski definition) is 3. The Morgan fingerprint density at radius 3 is 2.41 bits per heavy atom. The van der Waals surface area contributed by atoms with Crippen LogP contribution in [0.25, 0.3) is 5.69 Å². The number of ether oxygens (including phenoxy) is 1. The number of nitrogens with zero attached hydrogens (tertiary/aromatic N) is 2. The fourth-order valence-electron chi connectivity index (χ4n) is 4.60. The predicted molar refractivity (Wildman–Crippen MR) is 145 cm³/mol. The molecule has 0 aliphatic heterocycles. The van der Waals surface area contributed by atoms with Crippen molar-refractivity contribution in [1.29, 1.82) is 0 Å². The molecule has 216 valence electrons. The van der Waals surface area contributed by atoms with E-state index in [0.717, 1.165) is 11.1 Å². The molecule has 2 unspecified atom stereocenters. The number of halogens is 1. The van der Waals surface area contributed by atoms with Gasteiger partial charge >= 0.3 is 29.6 Å². The Bertz CT molecular complexity index is 1280. The second kappa shape index (κ2) is 16.7. The van der Waals surface area contributed by atoms with Crippen LogP contribution >= 0.6 is 0 Å². The van der Waals surface area contributed by atoms with E-state index in [4.69, 9.17) is 4.74 Å². The topological polar surface area (TPSA) is 137 Å². The zero-order chi connectivity index (χ0) is 29.2. The van der Waals surface area contributed by atoms with Crippen LogP contribution in [0.4, 0.5) is 4.39 Å². The molecular formula is C30H37FN3NaO6. The largest absolute Gasteiger partial charge is 1.00 e. The number of carboxylic acids is 1. The van der Waals surface area contributed by atoms with Gasteiger partial charge in [-0.25, -0.2) is 9.07 Å². The number of benzene rings is 2. The third-order valence-corrected chi connectivity index (χ3v) is 6.46. The van der Waals surface area contributed by atoms with Gasteiger partial charge in [-0.2, -0.15) is 5.10 Å². The molecule has 1 aromatic heterocycles. The molecular weight excluding hydrogens is 540 g/mol. The van der Waals surface area contributed by atoms with Crippen LogP contribution in [0.1, 0.15) is 78.8 Å². The standard InChI is InChI=1S/C30H38FN3O6.Na/c1-4-40-18-21-7-5-6-20(14-21)17-32-30(39)29-28(19(2)3)26(13-12-24(35)15-25(36)16-27(37)38)34(33-29)23-10-8-22(31)9-11-23;/h5-11,14,19,24-25,35-36H,4,12-13,15-18H2,1-3H3,(H,32,39)(H,37,38);/q;+1/p-1. The first-order valence-corrected chi connectivity index (χ1v) is 13.5. The Balaban J connectivity index is 0.00000588. The third-order valence-electron chi connectivity index (χ3n) is 6.46. The molecule has 11 heteroatoms. The van der Waals surface area contributed by atoms with Crippen molar-refractivity contribution in [2.24, 2.45) is 0 Å². The summed E-state index contributed by atoms with van der Waals surface area (Å²) in [5.41, 5.74) is 4.04. The van der Waals surface area contributed by atoms with Crippen LogP contribution in [0.15, 0.2) is 48.5 Å². The Morgan fingerprint density at radius 2 is 1.78 bits per heavy atom. The van der Waals surface area contributed by atoms with Gasteiger partial charge in [0.2, 0.25) is 0 Å². The summed E-state index contributed by atoms with van der Waals surface area (Å²) in [5, 5.41) is 38.7. The number of aliphatic hydroxyl groups is 2. The molecule has 1 amide bonds. The maximum Gasteiger partial charge on any atom is 1.00 e. The molecule has 41 heavy (non-hydrogen) atoms. The zero-order valence-electron chi connectivity index (χ0n) is 24.1. The van der Waals surface area contributed by atoms with Crippen molar-refractivity contribution in [2.45, 2.75) is 77.7 Å². The summed E-state index contributed by atoms with van der Waals surface area (Å²) in [6.45, 7) is 7.17. The molecule has 2 atom stereocenters. The minimum Gasteiger partial charge on any atom is -0.550 e. The molecule has 3 rings (SSSR count). The molecule has 0 bridgehead atoms. The summed E-state index contributed by atoms with van der Waals surface area (Å²) in [5.74, 6) is -2.29. The van der Waals surface area contributed by atoms with E-state index in [1.54, 1.807) is 16.8 Å². The first-order chi connectivity index (χ1) is 19.1. The van der Waals surface area contributed by atoms with E-state index < -0.39 is 30.4 Å². The second-order valence-electron chi connectivity index (χ2n) is 10.0. The van der Waals surface area contributed by atoms with Crippen molar-refractivity contribution >= 4 is 11.9 Å². The summed E-state index contributed by atoms with van der Waals surface area (Å²) >= 11 is 0. The summed E-state index contributed by atoms with van der Waals surface area (Å²) < 4.78 is 20.7. The number of carbonyl (C=O) groups is 2. The Morgan fingerprint density at radius 1 is 1.10 bits per heavy atom. The average molecular weight is 578 g/mol. The Kier molecular flexibility index (Phi) is 14.1. The first kappa shape index (κ1) is 34.6. The van der Waals surface area contributed by atoms with Gasteiger partial charge in [0.05, 0.1) is 24.5 Å². The molecule has 9 nitrogen and oxygen atoms in total. The molecule has 0 spiro atoms. The first-order valence-electron chi connectivity index (χ1n) is 13.5. The molecule has 0 saturated carbocycles. The van der Waals surface area contributed by atoms with E-state index in [1.807, 2.05) is 45.0 Å². The Labute approximate surface area is 262 Å². The van der Waals surface area contributed by atoms with Crippen molar-refractivity contribution in [1.82, 2.24) is 15.1 Å². The molecule has 3 N–H and O–H groups in total. The quantitative estimate of drug-likeness (QED) is 0.213. The van der Waals surface area contributed by atoms with Crippen LogP contribution in [-0.2, 0) is 29.1 Å². The summed E-state index contributed by atoms with van der Waals surface area (Å²) in [6, 6.07) is 13.5. The van der Waals surface area contributed by atoms with Gasteiger partial charge in [0.25, 0.3) is 5.91 Å². The van der Waals surface area contributed by atoms with Gasteiger partial charge in [0, 0.05) is 36.8 Å². The predicted octanol–water partition coefficient (Wildman–Crippen LogP) is -0.210. The molecule has 0 radical (unpaired) electrons. The maximum absolute atomic E-state index is 13.7. The number of amides is 1. The van der Waals surface area contributed by atoms with Gasteiger partial charge in [-0.1, -0.05) is 38.1 Å². The van der Waals surface area contributed by atoms with E-state index in [2.05, 4.69) is 10.4 Å². The van der Waals surface area contributed by atoms with E-state index in [1.165, 1.54) is 12.1 Å². The number of aromatic nitrogens is 2. The van der Waals surface area contributed by atoms with Crippen LogP contribution in [0, 0.1) is 5.82 Å². The second-order valence-corrected chi connectivity index (χ2v) is 10.0. The van der Waals surface area contributed by atoms with Gasteiger partial charge in [0.15, 0.2) is 5.69 Å². The number of hydrogen-bond acceptors (Lipinski definition) is 7. The number of carbonyl (C=O) groups excluding carboxylic acids is 2. The summed E-state index contributed by atoms with van der Waals surface area (Å²) in [7, 11) is 0. The van der Waals surface area contributed by atoms with E-state index in [0.29, 0.717) is 30.2 Å². The minimum atomic E-state index is -1.40. The number of carboxylic acid groups (broad SMARTS) is 1. The molecule has 1 heterocycles. The molecule has 0 aliphatic rings. The number of nitrogens with one attached hydrogen (secondary N) is 1. The molecule has 0 aliphatic carbocycles. The van der Waals surface area contributed by atoms with Crippen molar-refractivity contribution < 1.29 is 63.6 Å². The van der Waals surface area contributed by atoms with E-state index in [-0.39, 0.29) is 72.9 Å². The van der Waals surface area contributed by atoms with Crippen LogP contribution < -0.4 is 40.0 Å². The van der Waals surface area contributed by atoms with Crippen molar-refractivity contribution in [3.63, 3.8) is 0 Å². The number of aliphatic carboxylic acids is 1. The van der Waals surface area contributed by atoms with E-state index in [9.17, 15) is 29.3 Å². The average Bonchev–Trinajstić information content (AvgIpc) is 3.29. The van der Waals surface area contributed by atoms with E-state index >= 15 is 0 Å². The van der Waals surface area contributed by atoms with Gasteiger partial charge in [0.1, 0.15) is 5.82 Å².